The van der Waals surface area contributed by atoms with E-state index in [4.69, 9.17) is 17.3 Å². The second kappa shape index (κ2) is 6.63. The molecule has 3 heterocycles. The summed E-state index contributed by atoms with van der Waals surface area (Å²) in [7, 11) is 0. The topological polar surface area (TPSA) is 27.2 Å². The molecule has 0 amide bonds. The molecule has 0 spiro atoms. The lowest BCUT2D eigenvalue weighted by Gasteiger charge is -2.20. The standard InChI is InChI=1S/C18H20N4S2/c1-14-19-21(18(23)22(14)15-7-3-2-4-8-15)13-20-11-5-9-16(20)17-10-6-12-24-17/h2-4,6-8,10,12,16H,5,9,11,13H2,1H3/p+1/t16-/m1/s1. The second-order valence-corrected chi connectivity index (χ2v) is 7.62. The van der Waals surface area contributed by atoms with Crippen LogP contribution in [0.15, 0.2) is 47.8 Å². The molecule has 2 atom stereocenters. The van der Waals surface area contributed by atoms with E-state index >= 15 is 0 Å². The first kappa shape index (κ1) is 15.7. The Morgan fingerprint density at radius 1 is 1.25 bits per heavy atom. The number of thiophene rings is 1. The minimum absolute atomic E-state index is 0.578. The number of nitrogens with one attached hydrogen (secondary N) is 1. The first-order chi connectivity index (χ1) is 11.7. The molecule has 4 nitrogen and oxygen atoms in total. The predicted octanol–water partition coefficient (Wildman–Crippen LogP) is 3.15. The average Bonchev–Trinajstić information content (AvgIpc) is 3.30. The number of rotatable bonds is 4. The van der Waals surface area contributed by atoms with Crippen molar-refractivity contribution < 1.29 is 4.90 Å². The van der Waals surface area contributed by atoms with E-state index in [-0.39, 0.29) is 0 Å². The summed E-state index contributed by atoms with van der Waals surface area (Å²) in [5, 5.41) is 6.90. The molecule has 0 saturated carbocycles. The summed E-state index contributed by atoms with van der Waals surface area (Å²) in [6.07, 6.45) is 2.52. The predicted molar refractivity (Wildman–Crippen MR) is 99.2 cm³/mol. The number of benzene rings is 1. The maximum absolute atomic E-state index is 5.72. The number of quaternary nitrogens is 1. The molecule has 24 heavy (non-hydrogen) atoms. The molecule has 1 aromatic carbocycles. The van der Waals surface area contributed by atoms with Gasteiger partial charge in [0.2, 0.25) is 4.77 Å². The third-order valence-electron chi connectivity index (χ3n) is 4.74. The molecule has 0 aliphatic carbocycles. The first-order valence-corrected chi connectivity index (χ1v) is 9.62. The monoisotopic (exact) mass is 357 g/mol. The largest absolute Gasteiger partial charge is 0.309 e. The molecule has 124 valence electrons. The maximum atomic E-state index is 5.72. The van der Waals surface area contributed by atoms with Crippen LogP contribution in [0.3, 0.4) is 0 Å². The fourth-order valence-electron chi connectivity index (χ4n) is 3.62. The number of likely N-dealkylation sites (tertiary alicyclic amines) is 1. The quantitative estimate of drug-likeness (QED) is 0.726. The van der Waals surface area contributed by atoms with Gasteiger partial charge in [0.25, 0.3) is 0 Å². The number of aryl methyl sites for hydroxylation is 1. The molecule has 1 unspecified atom stereocenters. The molecule has 1 aliphatic rings. The van der Waals surface area contributed by atoms with Gasteiger partial charge < -0.3 is 4.90 Å². The van der Waals surface area contributed by atoms with Crippen LogP contribution in [0.5, 0.6) is 0 Å². The normalized spacial score (nSPS) is 20.5. The van der Waals surface area contributed by atoms with E-state index in [1.165, 1.54) is 24.3 Å². The Kier molecular flexibility index (Phi) is 4.35. The van der Waals surface area contributed by atoms with Gasteiger partial charge >= 0.3 is 0 Å². The number of aromatic nitrogens is 3. The highest BCUT2D eigenvalue weighted by Gasteiger charge is 2.31. The van der Waals surface area contributed by atoms with E-state index in [2.05, 4.69) is 34.2 Å². The lowest BCUT2D eigenvalue weighted by Crippen LogP contribution is -3.09. The highest BCUT2D eigenvalue weighted by molar-refractivity contribution is 7.71. The lowest BCUT2D eigenvalue weighted by molar-refractivity contribution is -0.941. The van der Waals surface area contributed by atoms with Crippen LogP contribution in [-0.2, 0) is 6.67 Å². The minimum atomic E-state index is 0.578. The van der Waals surface area contributed by atoms with Gasteiger partial charge in [-0.25, -0.2) is 0 Å². The summed E-state index contributed by atoms with van der Waals surface area (Å²) in [4.78, 5) is 3.04. The van der Waals surface area contributed by atoms with Crippen molar-refractivity contribution in [1.29, 1.82) is 0 Å². The maximum Gasteiger partial charge on any atom is 0.207 e. The first-order valence-electron chi connectivity index (χ1n) is 8.34. The Labute approximate surface area is 151 Å². The molecule has 3 aromatic rings. The van der Waals surface area contributed by atoms with Gasteiger partial charge in [-0.3, -0.25) is 4.57 Å². The summed E-state index contributed by atoms with van der Waals surface area (Å²) in [6.45, 7) is 4.04. The van der Waals surface area contributed by atoms with Gasteiger partial charge in [-0.05, 0) is 42.7 Å². The van der Waals surface area contributed by atoms with Gasteiger partial charge in [-0.15, -0.1) is 11.3 Å². The van der Waals surface area contributed by atoms with Crippen molar-refractivity contribution in [1.82, 2.24) is 14.3 Å². The van der Waals surface area contributed by atoms with Crippen molar-refractivity contribution in [2.45, 2.75) is 32.5 Å². The van der Waals surface area contributed by atoms with E-state index in [1.54, 1.807) is 4.90 Å². The zero-order valence-corrected chi connectivity index (χ0v) is 15.3. The van der Waals surface area contributed by atoms with E-state index < -0.39 is 0 Å². The van der Waals surface area contributed by atoms with Gasteiger partial charge in [0.1, 0.15) is 11.9 Å². The van der Waals surface area contributed by atoms with E-state index in [0.29, 0.717) is 6.04 Å². The number of para-hydroxylation sites is 1. The van der Waals surface area contributed by atoms with Gasteiger partial charge in [0, 0.05) is 18.5 Å². The summed E-state index contributed by atoms with van der Waals surface area (Å²) in [6, 6.07) is 15.2. The van der Waals surface area contributed by atoms with Crippen molar-refractivity contribution in [2.24, 2.45) is 0 Å². The highest BCUT2D eigenvalue weighted by Crippen LogP contribution is 2.23. The van der Waals surface area contributed by atoms with Crippen molar-refractivity contribution in [3.8, 4) is 5.69 Å². The van der Waals surface area contributed by atoms with Gasteiger partial charge in [0.05, 0.1) is 11.4 Å². The molecule has 2 aromatic heterocycles. The fraction of sp³-hybridized carbons (Fsp3) is 0.333. The summed E-state index contributed by atoms with van der Waals surface area (Å²) >= 11 is 7.58. The minimum Gasteiger partial charge on any atom is -0.309 e. The van der Waals surface area contributed by atoms with Gasteiger partial charge in [-0.2, -0.15) is 9.78 Å². The molecule has 6 heteroatoms. The molecule has 1 fully saturated rings. The van der Waals surface area contributed by atoms with Gasteiger partial charge in [0.15, 0.2) is 6.67 Å². The summed E-state index contributed by atoms with van der Waals surface area (Å²) in [5.41, 5.74) is 1.08. The average molecular weight is 358 g/mol. The van der Waals surface area contributed by atoms with Crippen LogP contribution in [-0.4, -0.2) is 20.9 Å². The molecular formula is C18H21N4S2+. The van der Waals surface area contributed by atoms with Crippen molar-refractivity contribution in [2.75, 3.05) is 6.54 Å². The van der Waals surface area contributed by atoms with E-state index in [1.807, 2.05) is 41.1 Å². The van der Waals surface area contributed by atoms with Crippen LogP contribution in [0.2, 0.25) is 0 Å². The zero-order chi connectivity index (χ0) is 16.5. The van der Waals surface area contributed by atoms with E-state index in [0.717, 1.165) is 23.0 Å². The Morgan fingerprint density at radius 3 is 2.83 bits per heavy atom. The molecule has 1 N–H and O–H groups in total. The van der Waals surface area contributed by atoms with Crippen LogP contribution >= 0.6 is 23.6 Å². The number of hydrogen-bond acceptors (Lipinski definition) is 3. The molecular weight excluding hydrogens is 336 g/mol. The molecule has 0 radical (unpaired) electrons. The molecule has 0 bridgehead atoms. The van der Waals surface area contributed by atoms with Crippen LogP contribution in [0.25, 0.3) is 5.69 Å². The Morgan fingerprint density at radius 2 is 2.08 bits per heavy atom. The number of nitrogens with zero attached hydrogens (tertiary/aromatic N) is 3. The molecule has 1 aliphatic heterocycles. The fourth-order valence-corrected chi connectivity index (χ4v) is 4.88. The third kappa shape index (κ3) is 2.85. The Hall–Kier alpha value is -1.76. The van der Waals surface area contributed by atoms with Crippen molar-refractivity contribution in [3.05, 3.63) is 63.3 Å². The highest BCUT2D eigenvalue weighted by atomic mass is 32.1. The third-order valence-corrected chi connectivity index (χ3v) is 6.12. The van der Waals surface area contributed by atoms with Gasteiger partial charge in [-0.1, -0.05) is 24.3 Å². The molecule has 1 saturated heterocycles. The Bertz CT molecular complexity index is 864. The SMILES string of the molecule is Cc1nn(C[NH+]2CCC[C@@H]2c2cccs2)c(=S)n1-c1ccccc1. The molecule has 4 rings (SSSR count). The summed E-state index contributed by atoms with van der Waals surface area (Å²) < 4.78 is 4.84. The zero-order valence-electron chi connectivity index (χ0n) is 13.7. The van der Waals surface area contributed by atoms with Crippen LogP contribution in [0.1, 0.15) is 29.6 Å². The summed E-state index contributed by atoms with van der Waals surface area (Å²) in [5.74, 6) is 0.942. The van der Waals surface area contributed by atoms with Crippen molar-refractivity contribution in [3.63, 3.8) is 0 Å². The number of hydrogen-bond donors (Lipinski definition) is 1. The van der Waals surface area contributed by atoms with Crippen LogP contribution < -0.4 is 4.90 Å². The van der Waals surface area contributed by atoms with Crippen LogP contribution in [0, 0.1) is 11.7 Å². The van der Waals surface area contributed by atoms with Crippen LogP contribution in [0.4, 0.5) is 0 Å². The Balaban J connectivity index is 1.63. The smallest absolute Gasteiger partial charge is 0.207 e. The second-order valence-electron chi connectivity index (χ2n) is 6.28. The van der Waals surface area contributed by atoms with Crippen molar-refractivity contribution >= 4 is 23.6 Å². The van der Waals surface area contributed by atoms with E-state index in [9.17, 15) is 0 Å². The lowest BCUT2D eigenvalue weighted by atomic mass is 10.2.